The molecule has 4 saturated carbocycles. The van der Waals surface area contributed by atoms with Crippen LogP contribution in [0.3, 0.4) is 0 Å². The van der Waals surface area contributed by atoms with Crippen LogP contribution in [-0.2, 0) is 4.79 Å². The smallest absolute Gasteiger partial charge is 0.230 e. The number of amides is 1. The summed E-state index contributed by atoms with van der Waals surface area (Å²) >= 11 is 11.8. The van der Waals surface area contributed by atoms with Crippen molar-refractivity contribution < 1.29 is 9.21 Å². The Labute approximate surface area is 202 Å². The number of benzene rings is 1. The van der Waals surface area contributed by atoms with Crippen LogP contribution in [-0.4, -0.2) is 21.0 Å². The van der Waals surface area contributed by atoms with E-state index < -0.39 is 0 Å². The van der Waals surface area contributed by atoms with E-state index in [1.807, 2.05) is 18.2 Å². The molecule has 170 valence electrons. The fourth-order valence-electron chi connectivity index (χ4n) is 6.83. The van der Waals surface area contributed by atoms with Gasteiger partial charge in [-0.25, -0.2) is 4.98 Å². The number of aromatic nitrogens is 2. The standard InChI is InChI=1S/C25H25ClN4O2S/c26-19-4-3-17(9-18(19)23-30-22-20(32-23)2-1-5-27-22)28-24(33)29-21(31)13-25-10-14-6-15(11-25)8-16(7-14)12-25/h1-5,9,14-16H,6-8,10-13H2,(H2,28,29,31,33). The van der Waals surface area contributed by atoms with Crippen molar-refractivity contribution >= 4 is 51.8 Å². The van der Waals surface area contributed by atoms with Gasteiger partial charge in [-0.15, -0.1) is 0 Å². The number of hydrogen-bond acceptors (Lipinski definition) is 5. The summed E-state index contributed by atoms with van der Waals surface area (Å²) in [6.45, 7) is 0. The minimum absolute atomic E-state index is 0.00802. The van der Waals surface area contributed by atoms with Gasteiger partial charge >= 0.3 is 0 Å². The van der Waals surface area contributed by atoms with Crippen molar-refractivity contribution in [1.82, 2.24) is 15.3 Å². The fourth-order valence-corrected chi connectivity index (χ4v) is 7.26. The van der Waals surface area contributed by atoms with Gasteiger partial charge in [-0.05, 0) is 104 Å². The third-order valence-electron chi connectivity index (χ3n) is 7.57. The van der Waals surface area contributed by atoms with Crippen LogP contribution in [0, 0.1) is 23.2 Å². The Bertz CT molecular complexity index is 1190. The van der Waals surface area contributed by atoms with Gasteiger partial charge in [0.05, 0.1) is 10.6 Å². The molecule has 6 nitrogen and oxygen atoms in total. The van der Waals surface area contributed by atoms with E-state index in [4.69, 9.17) is 28.2 Å². The molecule has 0 atom stereocenters. The van der Waals surface area contributed by atoms with Crippen LogP contribution in [0.15, 0.2) is 40.9 Å². The number of hydrogen-bond donors (Lipinski definition) is 2. The topological polar surface area (TPSA) is 80.0 Å². The minimum atomic E-state index is 0.00802. The maximum Gasteiger partial charge on any atom is 0.230 e. The predicted molar refractivity (Wildman–Crippen MR) is 132 cm³/mol. The van der Waals surface area contributed by atoms with Crippen LogP contribution < -0.4 is 10.6 Å². The molecule has 3 aromatic rings. The third-order valence-corrected chi connectivity index (χ3v) is 8.11. The molecule has 4 fully saturated rings. The van der Waals surface area contributed by atoms with Crippen LogP contribution in [0.25, 0.3) is 22.7 Å². The SMILES string of the molecule is O=C(CC12CC3CC(CC(C3)C1)C2)NC(=S)Nc1ccc(Cl)c(-c2nc3ncccc3o2)c1. The largest absolute Gasteiger partial charge is 0.434 e. The molecule has 7 rings (SSSR count). The Morgan fingerprint density at radius 3 is 2.58 bits per heavy atom. The first kappa shape index (κ1) is 21.1. The van der Waals surface area contributed by atoms with E-state index in [0.717, 1.165) is 17.8 Å². The molecular formula is C25H25ClN4O2S. The van der Waals surface area contributed by atoms with E-state index in [-0.39, 0.29) is 16.4 Å². The molecule has 0 spiro atoms. The van der Waals surface area contributed by atoms with Gasteiger partial charge < -0.3 is 15.1 Å². The summed E-state index contributed by atoms with van der Waals surface area (Å²) in [4.78, 5) is 21.5. The van der Waals surface area contributed by atoms with Crippen molar-refractivity contribution in [3.63, 3.8) is 0 Å². The fraction of sp³-hybridized carbons (Fsp3) is 0.440. The number of thiocarbonyl (C=S) groups is 1. The molecule has 4 aliphatic rings. The van der Waals surface area contributed by atoms with E-state index in [0.29, 0.717) is 39.8 Å². The van der Waals surface area contributed by atoms with E-state index in [2.05, 4.69) is 20.6 Å². The van der Waals surface area contributed by atoms with Crippen molar-refractivity contribution in [2.24, 2.45) is 23.2 Å². The lowest BCUT2D eigenvalue weighted by molar-refractivity contribution is -0.127. The third kappa shape index (κ3) is 4.13. The molecule has 1 amide bonds. The molecular weight excluding hydrogens is 456 g/mol. The van der Waals surface area contributed by atoms with Crippen molar-refractivity contribution in [1.29, 1.82) is 0 Å². The summed E-state index contributed by atoms with van der Waals surface area (Å²) in [6.07, 6.45) is 9.95. The molecule has 1 aromatic carbocycles. The number of fused-ring (bicyclic) bond motifs is 1. The zero-order valence-corrected chi connectivity index (χ0v) is 19.7. The summed E-state index contributed by atoms with van der Waals surface area (Å²) in [6, 6.07) is 8.97. The van der Waals surface area contributed by atoms with Crippen LogP contribution in [0.5, 0.6) is 0 Å². The quantitative estimate of drug-likeness (QED) is 0.448. The van der Waals surface area contributed by atoms with Gasteiger partial charge in [0.1, 0.15) is 0 Å². The van der Waals surface area contributed by atoms with E-state index in [9.17, 15) is 4.79 Å². The number of oxazole rings is 1. The molecule has 33 heavy (non-hydrogen) atoms. The Hall–Kier alpha value is -2.51. The lowest BCUT2D eigenvalue weighted by Crippen LogP contribution is -2.48. The highest BCUT2D eigenvalue weighted by Crippen LogP contribution is 2.61. The lowest BCUT2D eigenvalue weighted by Gasteiger charge is -2.56. The highest BCUT2D eigenvalue weighted by atomic mass is 35.5. The van der Waals surface area contributed by atoms with Gasteiger partial charge in [-0.3, -0.25) is 4.79 Å². The molecule has 0 aliphatic heterocycles. The van der Waals surface area contributed by atoms with Gasteiger partial charge in [0.2, 0.25) is 11.8 Å². The summed E-state index contributed by atoms with van der Waals surface area (Å²) < 4.78 is 5.81. The molecule has 8 heteroatoms. The molecule has 0 radical (unpaired) electrons. The molecule has 2 N–H and O–H groups in total. The van der Waals surface area contributed by atoms with Crippen molar-refractivity contribution in [3.8, 4) is 11.5 Å². The Morgan fingerprint density at radius 1 is 1.15 bits per heavy atom. The highest BCUT2D eigenvalue weighted by molar-refractivity contribution is 7.80. The Kier molecular flexibility index (Phi) is 5.14. The molecule has 4 aliphatic carbocycles. The first-order valence-electron chi connectivity index (χ1n) is 11.6. The number of rotatable bonds is 4. The second kappa shape index (κ2) is 8.06. The van der Waals surface area contributed by atoms with Gasteiger partial charge in [-0.2, -0.15) is 4.98 Å². The van der Waals surface area contributed by atoms with Crippen LogP contribution in [0.1, 0.15) is 44.9 Å². The van der Waals surface area contributed by atoms with Gasteiger partial charge in [0.25, 0.3) is 0 Å². The second-order valence-corrected chi connectivity index (χ2v) is 11.0. The number of carbonyl (C=O) groups is 1. The average molecular weight is 481 g/mol. The predicted octanol–water partition coefficient (Wildman–Crippen LogP) is 5.96. The molecule has 2 aromatic heterocycles. The van der Waals surface area contributed by atoms with Crippen LogP contribution >= 0.6 is 23.8 Å². The second-order valence-electron chi connectivity index (χ2n) is 10.1. The number of nitrogens with zero attached hydrogens (tertiary/aromatic N) is 2. The molecule has 0 saturated heterocycles. The van der Waals surface area contributed by atoms with Crippen molar-refractivity contribution in [2.45, 2.75) is 44.9 Å². The van der Waals surface area contributed by atoms with E-state index in [1.54, 1.807) is 18.3 Å². The first-order chi connectivity index (χ1) is 15.9. The lowest BCUT2D eigenvalue weighted by atomic mass is 9.49. The first-order valence-corrected chi connectivity index (χ1v) is 12.4. The van der Waals surface area contributed by atoms with Crippen LogP contribution in [0.4, 0.5) is 5.69 Å². The summed E-state index contributed by atoms with van der Waals surface area (Å²) in [5.74, 6) is 2.86. The maximum absolute atomic E-state index is 12.9. The van der Waals surface area contributed by atoms with Crippen LogP contribution in [0.2, 0.25) is 5.02 Å². The van der Waals surface area contributed by atoms with Gasteiger partial charge in [-0.1, -0.05) is 11.6 Å². The number of nitrogens with one attached hydrogen (secondary N) is 2. The average Bonchev–Trinajstić information content (AvgIpc) is 3.17. The van der Waals surface area contributed by atoms with Gasteiger partial charge in [0, 0.05) is 18.3 Å². The summed E-state index contributed by atoms with van der Waals surface area (Å²) in [5.41, 5.74) is 2.62. The van der Waals surface area contributed by atoms with E-state index in [1.165, 1.54) is 38.5 Å². The number of pyridine rings is 1. The number of halogens is 1. The monoisotopic (exact) mass is 480 g/mol. The molecule has 4 bridgehead atoms. The van der Waals surface area contributed by atoms with Gasteiger partial charge in [0.15, 0.2) is 16.3 Å². The zero-order valence-electron chi connectivity index (χ0n) is 18.1. The number of carbonyl (C=O) groups excluding carboxylic acids is 1. The van der Waals surface area contributed by atoms with Crippen molar-refractivity contribution in [2.75, 3.05) is 5.32 Å². The Morgan fingerprint density at radius 2 is 1.88 bits per heavy atom. The minimum Gasteiger partial charge on any atom is -0.434 e. The highest BCUT2D eigenvalue weighted by Gasteiger charge is 2.51. The summed E-state index contributed by atoms with van der Waals surface area (Å²) in [7, 11) is 0. The zero-order chi connectivity index (χ0) is 22.6. The van der Waals surface area contributed by atoms with Crippen molar-refractivity contribution in [3.05, 3.63) is 41.6 Å². The molecule has 0 unspecified atom stereocenters. The number of anilines is 1. The summed E-state index contributed by atoms with van der Waals surface area (Å²) in [5, 5.41) is 6.80. The van der Waals surface area contributed by atoms with E-state index >= 15 is 0 Å². The molecule has 2 heterocycles. The normalized spacial score (nSPS) is 27.6. The Balaban J connectivity index is 1.13. The maximum atomic E-state index is 12.9.